The van der Waals surface area contributed by atoms with Gasteiger partial charge in [0, 0.05) is 0 Å². The van der Waals surface area contributed by atoms with Crippen LogP contribution in [0.4, 0.5) is 8.78 Å². The Balaban J connectivity index is 3.47. The van der Waals surface area contributed by atoms with Crippen molar-refractivity contribution in [2.75, 3.05) is 7.11 Å². The smallest absolute Gasteiger partial charge is 0.251 e. The molecule has 0 aliphatic rings. The molecule has 13 heavy (non-hydrogen) atoms. The molecule has 0 aromatic carbocycles. The first-order chi connectivity index (χ1) is 6.11. The lowest BCUT2D eigenvalue weighted by Crippen LogP contribution is -2.03. The summed E-state index contributed by atoms with van der Waals surface area (Å²) >= 11 is 0. The maximum absolute atomic E-state index is 13.1. The third-order valence-corrected chi connectivity index (χ3v) is 1.56. The highest BCUT2D eigenvalue weighted by atomic mass is 19.1. The number of ether oxygens (including phenoxy) is 1. The number of nitrogens with zero attached hydrogens (tertiary/aromatic N) is 1. The number of methoxy groups -OCH3 is 1. The third-order valence-electron chi connectivity index (χ3n) is 1.56. The lowest BCUT2D eigenvalue weighted by atomic mass is 10.2. The monoisotopic (exact) mass is 187 g/mol. The lowest BCUT2D eigenvalue weighted by molar-refractivity contribution is 0.111. The van der Waals surface area contributed by atoms with E-state index in [-0.39, 0.29) is 17.9 Å². The number of carbonyl (C=O) groups excluding carboxylic acids is 1. The van der Waals surface area contributed by atoms with Crippen molar-refractivity contribution in [3.05, 3.63) is 22.9 Å². The Morgan fingerprint density at radius 3 is 2.46 bits per heavy atom. The van der Waals surface area contributed by atoms with E-state index in [1.54, 1.807) is 0 Å². The molecule has 1 aromatic heterocycles. The summed E-state index contributed by atoms with van der Waals surface area (Å²) in [4.78, 5) is 13.8. The van der Waals surface area contributed by atoms with Gasteiger partial charge in [0.2, 0.25) is 0 Å². The average molecular weight is 187 g/mol. The van der Waals surface area contributed by atoms with Gasteiger partial charge in [0.15, 0.2) is 17.9 Å². The molecule has 0 fully saturated rings. The Hall–Kier alpha value is -1.52. The van der Waals surface area contributed by atoms with Crippen LogP contribution in [0.15, 0.2) is 0 Å². The van der Waals surface area contributed by atoms with E-state index < -0.39 is 17.2 Å². The van der Waals surface area contributed by atoms with Crippen molar-refractivity contribution in [3.63, 3.8) is 0 Å². The number of carbonyl (C=O) groups is 1. The van der Waals surface area contributed by atoms with Crippen LogP contribution in [0.1, 0.15) is 16.1 Å². The van der Waals surface area contributed by atoms with Gasteiger partial charge in [-0.1, -0.05) is 0 Å². The lowest BCUT2D eigenvalue weighted by Gasteiger charge is -2.05. The Labute approximate surface area is 73.4 Å². The zero-order valence-corrected chi connectivity index (χ0v) is 7.10. The van der Waals surface area contributed by atoms with Crippen molar-refractivity contribution in [2.24, 2.45) is 0 Å². The van der Waals surface area contributed by atoms with Gasteiger partial charge in [-0.3, -0.25) is 4.79 Å². The van der Waals surface area contributed by atoms with Gasteiger partial charge in [-0.2, -0.15) is 0 Å². The van der Waals surface area contributed by atoms with Crippen LogP contribution < -0.4 is 4.74 Å². The summed E-state index contributed by atoms with van der Waals surface area (Å²) < 4.78 is 30.6. The second kappa shape index (κ2) is 3.47. The molecule has 0 saturated carbocycles. The number of rotatable bonds is 2. The Bertz CT molecular complexity index is 352. The zero-order valence-electron chi connectivity index (χ0n) is 7.10. The Morgan fingerprint density at radius 2 is 2.00 bits per heavy atom. The second-order valence-electron chi connectivity index (χ2n) is 2.37. The van der Waals surface area contributed by atoms with Crippen molar-refractivity contribution in [1.29, 1.82) is 0 Å². The van der Waals surface area contributed by atoms with Crippen molar-refractivity contribution >= 4 is 6.29 Å². The van der Waals surface area contributed by atoms with E-state index in [2.05, 4.69) is 9.72 Å². The summed E-state index contributed by atoms with van der Waals surface area (Å²) in [6, 6.07) is 0. The number of pyridine rings is 1. The molecule has 0 atom stereocenters. The molecule has 1 heterocycles. The summed E-state index contributed by atoms with van der Waals surface area (Å²) in [6.45, 7) is 1.32. The van der Waals surface area contributed by atoms with Crippen LogP contribution in [0.5, 0.6) is 5.88 Å². The topological polar surface area (TPSA) is 39.2 Å². The molecule has 0 amide bonds. The quantitative estimate of drug-likeness (QED) is 0.658. The largest absolute Gasteiger partial charge is 0.479 e. The van der Waals surface area contributed by atoms with E-state index in [9.17, 15) is 13.6 Å². The highest BCUT2D eigenvalue weighted by Crippen LogP contribution is 2.20. The molecule has 70 valence electrons. The van der Waals surface area contributed by atoms with Crippen molar-refractivity contribution in [3.8, 4) is 5.88 Å². The van der Waals surface area contributed by atoms with Gasteiger partial charge >= 0.3 is 0 Å². The number of halogens is 2. The van der Waals surface area contributed by atoms with Crippen LogP contribution in [0.3, 0.4) is 0 Å². The minimum atomic E-state index is -1.07. The van der Waals surface area contributed by atoms with Gasteiger partial charge in [0.1, 0.15) is 0 Å². The van der Waals surface area contributed by atoms with Gasteiger partial charge in [-0.15, -0.1) is 0 Å². The van der Waals surface area contributed by atoms with E-state index in [1.807, 2.05) is 0 Å². The minimum Gasteiger partial charge on any atom is -0.479 e. The van der Waals surface area contributed by atoms with Gasteiger partial charge < -0.3 is 4.74 Å². The Kier molecular flexibility index (Phi) is 2.55. The number of aldehydes is 1. The molecule has 0 aliphatic heterocycles. The zero-order chi connectivity index (χ0) is 10.0. The summed E-state index contributed by atoms with van der Waals surface area (Å²) in [5, 5.41) is 0. The predicted molar refractivity (Wildman–Crippen MR) is 40.8 cm³/mol. The first-order valence-electron chi connectivity index (χ1n) is 3.46. The molecular weight excluding hydrogens is 180 g/mol. The number of hydrogen-bond acceptors (Lipinski definition) is 3. The number of aromatic nitrogens is 1. The van der Waals surface area contributed by atoms with Crippen LogP contribution in [-0.4, -0.2) is 18.4 Å². The molecule has 1 rings (SSSR count). The molecule has 0 bridgehead atoms. The highest BCUT2D eigenvalue weighted by molar-refractivity contribution is 5.76. The highest BCUT2D eigenvalue weighted by Gasteiger charge is 2.17. The first-order valence-corrected chi connectivity index (χ1v) is 3.46. The molecule has 0 radical (unpaired) electrons. The van der Waals surface area contributed by atoms with Gasteiger partial charge in [-0.05, 0) is 6.92 Å². The van der Waals surface area contributed by atoms with Gasteiger partial charge in [-0.25, -0.2) is 13.8 Å². The maximum Gasteiger partial charge on any atom is 0.251 e. The normalized spacial score (nSPS) is 9.85. The average Bonchev–Trinajstić information content (AvgIpc) is 2.12. The van der Waals surface area contributed by atoms with Crippen LogP contribution >= 0.6 is 0 Å². The summed E-state index contributed by atoms with van der Waals surface area (Å²) in [6.07, 6.45) is 0.0991. The fraction of sp³-hybridized carbons (Fsp3) is 0.250. The molecule has 3 nitrogen and oxygen atoms in total. The van der Waals surface area contributed by atoms with Gasteiger partial charge in [0.25, 0.3) is 5.88 Å². The maximum atomic E-state index is 13.1. The minimum absolute atomic E-state index is 0.0691. The van der Waals surface area contributed by atoms with Crippen LogP contribution in [0.25, 0.3) is 0 Å². The molecule has 0 N–H and O–H groups in total. The van der Waals surface area contributed by atoms with Crippen molar-refractivity contribution < 1.29 is 18.3 Å². The van der Waals surface area contributed by atoms with E-state index in [1.165, 1.54) is 14.0 Å². The molecule has 5 heteroatoms. The predicted octanol–water partition coefficient (Wildman–Crippen LogP) is 1.49. The molecule has 0 spiro atoms. The van der Waals surface area contributed by atoms with Crippen molar-refractivity contribution in [1.82, 2.24) is 4.98 Å². The molecule has 0 saturated heterocycles. The van der Waals surface area contributed by atoms with E-state index in [0.717, 1.165) is 0 Å². The fourth-order valence-corrected chi connectivity index (χ4v) is 0.896. The Morgan fingerprint density at radius 1 is 1.38 bits per heavy atom. The molecular formula is C8H7F2NO2. The van der Waals surface area contributed by atoms with E-state index in [0.29, 0.717) is 0 Å². The summed E-state index contributed by atoms with van der Waals surface area (Å²) in [5.41, 5.74) is -0.718. The summed E-state index contributed by atoms with van der Waals surface area (Å²) in [5.74, 6) is -2.39. The molecule has 0 aliphatic carbocycles. The van der Waals surface area contributed by atoms with E-state index in [4.69, 9.17) is 0 Å². The fourth-order valence-electron chi connectivity index (χ4n) is 0.896. The number of hydrogen-bond donors (Lipinski definition) is 0. The SMILES string of the molecule is COc1nc(C)c(F)c(C=O)c1F. The van der Waals surface area contributed by atoms with Crippen molar-refractivity contribution in [2.45, 2.75) is 6.92 Å². The van der Waals surface area contributed by atoms with Crippen LogP contribution in [0, 0.1) is 18.6 Å². The number of aryl methyl sites for hydroxylation is 1. The van der Waals surface area contributed by atoms with Crippen LogP contribution in [0.2, 0.25) is 0 Å². The first kappa shape index (κ1) is 9.57. The molecule has 0 unspecified atom stereocenters. The van der Waals surface area contributed by atoms with E-state index >= 15 is 0 Å². The standard InChI is InChI=1S/C8H7F2NO2/c1-4-6(9)5(3-12)7(10)8(11-4)13-2/h3H,1-2H3. The van der Waals surface area contributed by atoms with Crippen LogP contribution in [-0.2, 0) is 0 Å². The summed E-state index contributed by atoms with van der Waals surface area (Å²) in [7, 11) is 1.19. The third kappa shape index (κ3) is 1.49. The molecule has 1 aromatic rings. The second-order valence-corrected chi connectivity index (χ2v) is 2.37. The van der Waals surface area contributed by atoms with Gasteiger partial charge in [0.05, 0.1) is 18.4 Å².